The van der Waals surface area contributed by atoms with Crippen LogP contribution in [0.5, 0.6) is 0 Å². The fourth-order valence-electron chi connectivity index (χ4n) is 0.702. The third-order valence-electron chi connectivity index (χ3n) is 1.15. The summed E-state index contributed by atoms with van der Waals surface area (Å²) in [4.78, 5) is 0. The van der Waals surface area contributed by atoms with Gasteiger partial charge in [-0.25, -0.2) is 0 Å². The third kappa shape index (κ3) is 1.49. The van der Waals surface area contributed by atoms with E-state index >= 15 is 0 Å². The average Bonchev–Trinajstić information content (AvgIpc) is 1.90. The van der Waals surface area contributed by atoms with Crippen molar-refractivity contribution in [1.82, 2.24) is 0 Å². The van der Waals surface area contributed by atoms with Gasteiger partial charge in [-0.3, -0.25) is 0 Å². The summed E-state index contributed by atoms with van der Waals surface area (Å²) >= 11 is 5.53. The smallest absolute Gasteiger partial charge is 0.0688 e. The van der Waals surface area contributed by atoms with Crippen molar-refractivity contribution in [2.45, 2.75) is 6.42 Å². The van der Waals surface area contributed by atoms with Gasteiger partial charge in [0.2, 0.25) is 0 Å². The first-order valence-electron chi connectivity index (χ1n) is 2.75. The molecule has 1 heterocycles. The van der Waals surface area contributed by atoms with Gasteiger partial charge in [-0.1, -0.05) is 6.08 Å². The van der Waals surface area contributed by atoms with Crippen LogP contribution in [0.3, 0.4) is 0 Å². The van der Waals surface area contributed by atoms with Gasteiger partial charge >= 0.3 is 0 Å². The third-order valence-corrected chi connectivity index (χ3v) is 1.50. The summed E-state index contributed by atoms with van der Waals surface area (Å²) < 4.78 is 5.12. The summed E-state index contributed by atoms with van der Waals surface area (Å²) in [5, 5.41) is 0. The van der Waals surface area contributed by atoms with Crippen LogP contribution >= 0.6 is 11.6 Å². The highest BCUT2D eigenvalue weighted by molar-refractivity contribution is 6.19. The lowest BCUT2D eigenvalue weighted by Crippen LogP contribution is -2.06. The molecule has 8 heavy (non-hydrogen) atoms. The van der Waals surface area contributed by atoms with Gasteiger partial charge in [-0.15, -0.1) is 11.6 Å². The predicted octanol–water partition coefficient (Wildman–Crippen LogP) is 1.57. The van der Waals surface area contributed by atoms with Gasteiger partial charge in [0.05, 0.1) is 13.2 Å². The highest BCUT2D eigenvalue weighted by atomic mass is 35.5. The number of rotatable bonds is 1. The van der Waals surface area contributed by atoms with E-state index < -0.39 is 0 Å². The molecule has 0 fully saturated rings. The molecule has 0 radical (unpaired) electrons. The summed E-state index contributed by atoms with van der Waals surface area (Å²) in [6.07, 6.45) is 3.18. The van der Waals surface area contributed by atoms with E-state index in [4.69, 9.17) is 16.3 Å². The van der Waals surface area contributed by atoms with E-state index in [1.165, 1.54) is 5.57 Å². The lowest BCUT2D eigenvalue weighted by molar-refractivity contribution is 0.151. The largest absolute Gasteiger partial charge is 0.377 e. The Balaban J connectivity index is 2.37. The normalized spacial score (nSPS) is 20.4. The van der Waals surface area contributed by atoms with Crippen LogP contribution in [0, 0.1) is 0 Å². The van der Waals surface area contributed by atoms with E-state index in [0.717, 1.165) is 19.6 Å². The Kier molecular flexibility index (Phi) is 2.37. The summed E-state index contributed by atoms with van der Waals surface area (Å²) in [5.74, 6) is 0.625. The maximum absolute atomic E-state index is 5.53. The zero-order valence-electron chi connectivity index (χ0n) is 4.69. The number of alkyl halides is 1. The molecule has 2 heteroatoms. The Morgan fingerprint density at radius 2 is 2.62 bits per heavy atom. The summed E-state index contributed by atoms with van der Waals surface area (Å²) in [6, 6.07) is 0. The first kappa shape index (κ1) is 6.12. The van der Waals surface area contributed by atoms with Crippen molar-refractivity contribution in [2.75, 3.05) is 19.1 Å². The van der Waals surface area contributed by atoms with Crippen LogP contribution in [0.1, 0.15) is 6.42 Å². The maximum Gasteiger partial charge on any atom is 0.0688 e. The summed E-state index contributed by atoms with van der Waals surface area (Å²) in [6.45, 7) is 1.60. The standard InChI is InChI=1S/C6H9ClO/c7-4-6-2-1-3-8-5-6/h2H,1,3-5H2. The van der Waals surface area contributed by atoms with E-state index in [0.29, 0.717) is 5.88 Å². The minimum absolute atomic E-state index is 0.625. The maximum atomic E-state index is 5.53. The molecule has 0 aromatic heterocycles. The van der Waals surface area contributed by atoms with Crippen molar-refractivity contribution in [3.8, 4) is 0 Å². The van der Waals surface area contributed by atoms with E-state index in [9.17, 15) is 0 Å². The van der Waals surface area contributed by atoms with E-state index in [-0.39, 0.29) is 0 Å². The minimum Gasteiger partial charge on any atom is -0.377 e. The minimum atomic E-state index is 0.625. The van der Waals surface area contributed by atoms with Gasteiger partial charge in [0.25, 0.3) is 0 Å². The second-order valence-corrected chi connectivity index (χ2v) is 2.10. The first-order valence-corrected chi connectivity index (χ1v) is 3.28. The van der Waals surface area contributed by atoms with Crippen LogP contribution in [-0.2, 0) is 4.74 Å². The van der Waals surface area contributed by atoms with Crippen LogP contribution in [0.25, 0.3) is 0 Å². The molecule has 0 aromatic rings. The zero-order chi connectivity index (χ0) is 5.82. The molecule has 0 saturated carbocycles. The first-order chi connectivity index (χ1) is 3.93. The molecule has 1 aliphatic heterocycles. The lowest BCUT2D eigenvalue weighted by atomic mass is 10.2. The fraction of sp³-hybridized carbons (Fsp3) is 0.667. The number of ether oxygens (including phenoxy) is 1. The molecule has 46 valence electrons. The van der Waals surface area contributed by atoms with E-state index in [2.05, 4.69) is 6.08 Å². The molecule has 0 aliphatic carbocycles. The predicted molar refractivity (Wildman–Crippen MR) is 34.2 cm³/mol. The lowest BCUT2D eigenvalue weighted by Gasteiger charge is -2.09. The Morgan fingerprint density at radius 1 is 1.75 bits per heavy atom. The van der Waals surface area contributed by atoms with Crippen molar-refractivity contribution >= 4 is 11.6 Å². The van der Waals surface area contributed by atoms with Crippen molar-refractivity contribution in [2.24, 2.45) is 0 Å². The second-order valence-electron chi connectivity index (χ2n) is 1.84. The molecule has 1 aliphatic rings. The molecule has 0 unspecified atom stereocenters. The quantitative estimate of drug-likeness (QED) is 0.389. The number of halogens is 1. The molecule has 0 bridgehead atoms. The van der Waals surface area contributed by atoms with Crippen LogP contribution < -0.4 is 0 Å². The van der Waals surface area contributed by atoms with Crippen LogP contribution in [-0.4, -0.2) is 19.1 Å². The second kappa shape index (κ2) is 3.10. The Bertz CT molecular complexity index is 98.7. The SMILES string of the molecule is ClCC1=CCCOC1. The topological polar surface area (TPSA) is 9.23 Å². The van der Waals surface area contributed by atoms with Gasteiger partial charge < -0.3 is 4.74 Å². The molecular formula is C6H9ClO. The van der Waals surface area contributed by atoms with Crippen molar-refractivity contribution in [3.05, 3.63) is 11.6 Å². The zero-order valence-corrected chi connectivity index (χ0v) is 5.45. The monoisotopic (exact) mass is 132 g/mol. The average molecular weight is 133 g/mol. The summed E-state index contributed by atoms with van der Waals surface area (Å²) in [5.41, 5.74) is 1.22. The molecule has 0 spiro atoms. The van der Waals surface area contributed by atoms with Crippen LogP contribution in [0.2, 0.25) is 0 Å². The molecule has 1 rings (SSSR count). The number of hydrogen-bond acceptors (Lipinski definition) is 1. The molecule has 0 N–H and O–H groups in total. The number of hydrogen-bond donors (Lipinski definition) is 0. The van der Waals surface area contributed by atoms with Crippen molar-refractivity contribution in [1.29, 1.82) is 0 Å². The molecule has 1 nitrogen and oxygen atoms in total. The van der Waals surface area contributed by atoms with Gasteiger partial charge in [0, 0.05) is 5.88 Å². The molecule has 0 saturated heterocycles. The Morgan fingerprint density at radius 3 is 3.00 bits per heavy atom. The van der Waals surface area contributed by atoms with Gasteiger partial charge in [-0.05, 0) is 12.0 Å². The Hall–Kier alpha value is -0.0100. The fourth-order valence-corrected chi connectivity index (χ4v) is 0.888. The highest BCUT2D eigenvalue weighted by Crippen LogP contribution is 2.05. The van der Waals surface area contributed by atoms with Crippen LogP contribution in [0.4, 0.5) is 0 Å². The highest BCUT2D eigenvalue weighted by Gasteiger charge is 1.99. The van der Waals surface area contributed by atoms with Gasteiger partial charge in [0.15, 0.2) is 0 Å². The summed E-state index contributed by atoms with van der Waals surface area (Å²) in [7, 11) is 0. The molecule has 0 aromatic carbocycles. The molecular weight excluding hydrogens is 124 g/mol. The van der Waals surface area contributed by atoms with Crippen molar-refractivity contribution in [3.63, 3.8) is 0 Å². The molecule has 0 amide bonds. The van der Waals surface area contributed by atoms with Gasteiger partial charge in [-0.2, -0.15) is 0 Å². The van der Waals surface area contributed by atoms with Crippen molar-refractivity contribution < 1.29 is 4.74 Å². The van der Waals surface area contributed by atoms with Gasteiger partial charge in [0.1, 0.15) is 0 Å². The van der Waals surface area contributed by atoms with E-state index in [1.807, 2.05) is 0 Å². The molecule has 0 atom stereocenters. The van der Waals surface area contributed by atoms with Crippen LogP contribution in [0.15, 0.2) is 11.6 Å². The van der Waals surface area contributed by atoms with E-state index in [1.54, 1.807) is 0 Å². The Labute approximate surface area is 54.3 Å².